The molecule has 3 N–H and O–H groups in total. The minimum atomic E-state index is -1.36. The smallest absolute Gasteiger partial charge is 0.152 e. The fraction of sp³-hybridized carbons (Fsp3) is 0.333. The Labute approximate surface area is 163 Å². The normalized spacial score (nSPS) is 25.1. The molecule has 0 saturated carbocycles. The molecule has 0 aliphatic carbocycles. The topological polar surface area (TPSA) is 79.2 Å². The molecular weight excluding hydrogens is 368 g/mol. The first-order chi connectivity index (χ1) is 12.9. The zero-order chi connectivity index (χ0) is 19.6. The number of aliphatic hydroxyl groups excluding tert-OH is 3. The van der Waals surface area contributed by atoms with Gasteiger partial charge in [0.2, 0.25) is 0 Å². The zero-order valence-electron chi connectivity index (χ0n) is 15.0. The maximum atomic E-state index is 10.3. The van der Waals surface area contributed by atoms with Crippen molar-refractivity contribution in [3.8, 4) is 5.75 Å². The summed E-state index contributed by atoms with van der Waals surface area (Å²) in [6.07, 6.45) is -4.18. The molecule has 6 heteroatoms. The Kier molecular flexibility index (Phi) is 6.07. The van der Waals surface area contributed by atoms with E-state index in [1.807, 2.05) is 37.3 Å². The summed E-state index contributed by atoms with van der Waals surface area (Å²) >= 11 is 6.35. The van der Waals surface area contributed by atoms with Gasteiger partial charge in [-0.2, -0.15) is 0 Å². The summed E-state index contributed by atoms with van der Waals surface area (Å²) < 4.78 is 11.0. The molecule has 1 aliphatic rings. The second kappa shape index (κ2) is 8.31. The second-order valence-electron chi connectivity index (χ2n) is 6.54. The Bertz CT molecular complexity index is 805. The SMILES string of the molecule is C=C1O[C@@H](c2ccc(Cl)c(Cc3ccc(OCC)cc3)c2)[C@H](O)[C@@H](O)[C@H]1O. The molecular formula is C21H23ClO5. The van der Waals surface area contributed by atoms with E-state index in [0.29, 0.717) is 23.6 Å². The van der Waals surface area contributed by atoms with Crippen molar-refractivity contribution in [1.29, 1.82) is 0 Å². The van der Waals surface area contributed by atoms with Crippen molar-refractivity contribution in [2.45, 2.75) is 37.8 Å². The number of ether oxygens (including phenoxy) is 2. The van der Waals surface area contributed by atoms with Gasteiger partial charge >= 0.3 is 0 Å². The van der Waals surface area contributed by atoms with Gasteiger partial charge in [-0.05, 0) is 48.2 Å². The Morgan fingerprint density at radius 1 is 1.07 bits per heavy atom. The monoisotopic (exact) mass is 390 g/mol. The lowest BCUT2D eigenvalue weighted by molar-refractivity contribution is -0.157. The summed E-state index contributed by atoms with van der Waals surface area (Å²) in [5, 5.41) is 30.6. The van der Waals surface area contributed by atoms with Crippen LogP contribution in [0.5, 0.6) is 5.75 Å². The van der Waals surface area contributed by atoms with Gasteiger partial charge in [-0.3, -0.25) is 0 Å². The predicted octanol–water partition coefficient (Wildman–Crippen LogP) is 3.00. The number of hydrogen-bond donors (Lipinski definition) is 3. The van der Waals surface area contributed by atoms with E-state index >= 15 is 0 Å². The molecule has 144 valence electrons. The van der Waals surface area contributed by atoms with E-state index in [2.05, 4.69) is 6.58 Å². The molecule has 0 radical (unpaired) electrons. The summed E-state index contributed by atoms with van der Waals surface area (Å²) in [6, 6.07) is 13.1. The first-order valence-electron chi connectivity index (χ1n) is 8.80. The van der Waals surface area contributed by atoms with Crippen LogP contribution in [-0.2, 0) is 11.2 Å². The van der Waals surface area contributed by atoms with Gasteiger partial charge in [0.25, 0.3) is 0 Å². The van der Waals surface area contributed by atoms with E-state index in [1.54, 1.807) is 12.1 Å². The largest absolute Gasteiger partial charge is 0.494 e. The average molecular weight is 391 g/mol. The molecule has 27 heavy (non-hydrogen) atoms. The molecule has 0 amide bonds. The van der Waals surface area contributed by atoms with Gasteiger partial charge in [-0.1, -0.05) is 42.4 Å². The van der Waals surface area contributed by atoms with Crippen LogP contribution in [-0.4, -0.2) is 40.2 Å². The second-order valence-corrected chi connectivity index (χ2v) is 6.94. The third-order valence-electron chi connectivity index (χ3n) is 4.62. The molecule has 5 nitrogen and oxygen atoms in total. The van der Waals surface area contributed by atoms with Crippen LogP contribution in [0.4, 0.5) is 0 Å². The van der Waals surface area contributed by atoms with Gasteiger partial charge in [0.05, 0.1) is 6.61 Å². The lowest BCUT2D eigenvalue weighted by Gasteiger charge is -2.37. The fourth-order valence-corrected chi connectivity index (χ4v) is 3.31. The lowest BCUT2D eigenvalue weighted by atomic mass is 9.92. The van der Waals surface area contributed by atoms with Crippen LogP contribution in [0.15, 0.2) is 54.8 Å². The van der Waals surface area contributed by atoms with Crippen molar-refractivity contribution in [3.05, 3.63) is 76.5 Å². The van der Waals surface area contributed by atoms with Crippen LogP contribution in [0, 0.1) is 0 Å². The van der Waals surface area contributed by atoms with Gasteiger partial charge in [-0.25, -0.2) is 0 Å². The summed E-state index contributed by atoms with van der Waals surface area (Å²) in [6.45, 7) is 6.16. The number of halogens is 1. The minimum absolute atomic E-state index is 0.0285. The highest BCUT2D eigenvalue weighted by Gasteiger charge is 2.41. The molecule has 2 aromatic carbocycles. The van der Waals surface area contributed by atoms with E-state index < -0.39 is 24.4 Å². The number of hydrogen-bond acceptors (Lipinski definition) is 5. The van der Waals surface area contributed by atoms with Crippen molar-refractivity contribution in [1.82, 2.24) is 0 Å². The molecule has 4 atom stereocenters. The van der Waals surface area contributed by atoms with Crippen molar-refractivity contribution < 1.29 is 24.8 Å². The fourth-order valence-electron chi connectivity index (χ4n) is 3.12. The zero-order valence-corrected chi connectivity index (χ0v) is 15.8. The Morgan fingerprint density at radius 3 is 2.44 bits per heavy atom. The maximum absolute atomic E-state index is 10.3. The van der Waals surface area contributed by atoms with Gasteiger partial charge < -0.3 is 24.8 Å². The number of benzene rings is 2. The predicted molar refractivity (Wildman–Crippen MR) is 103 cm³/mol. The Balaban J connectivity index is 1.83. The molecule has 1 aliphatic heterocycles. The molecule has 2 aromatic rings. The van der Waals surface area contributed by atoms with Crippen LogP contribution >= 0.6 is 11.6 Å². The van der Waals surface area contributed by atoms with E-state index in [9.17, 15) is 15.3 Å². The van der Waals surface area contributed by atoms with Crippen molar-refractivity contribution in [2.24, 2.45) is 0 Å². The molecule has 0 spiro atoms. The Morgan fingerprint density at radius 2 is 1.78 bits per heavy atom. The van der Waals surface area contributed by atoms with Crippen LogP contribution < -0.4 is 4.74 Å². The van der Waals surface area contributed by atoms with E-state index in [1.165, 1.54) is 0 Å². The first kappa shape index (κ1) is 19.7. The third kappa shape index (κ3) is 4.28. The summed E-state index contributed by atoms with van der Waals surface area (Å²) in [5.41, 5.74) is 2.57. The van der Waals surface area contributed by atoms with Gasteiger partial charge in [0.1, 0.15) is 29.8 Å². The highest BCUT2D eigenvalue weighted by atomic mass is 35.5. The summed E-state index contributed by atoms with van der Waals surface area (Å²) in [4.78, 5) is 0. The van der Waals surface area contributed by atoms with Crippen LogP contribution in [0.2, 0.25) is 5.02 Å². The van der Waals surface area contributed by atoms with Crippen LogP contribution in [0.3, 0.4) is 0 Å². The van der Waals surface area contributed by atoms with E-state index in [0.717, 1.165) is 16.9 Å². The standard InChI is InChI=1S/C21H23ClO5/c1-3-26-16-7-4-13(5-8-16)10-15-11-14(6-9-17(15)22)21-20(25)19(24)18(23)12(2)27-21/h4-9,11,18-21,23-25H,2-3,10H2,1H3/t18-,19-,20+,21-/m0/s1. The van der Waals surface area contributed by atoms with Crippen LogP contribution in [0.25, 0.3) is 0 Å². The highest BCUT2D eigenvalue weighted by molar-refractivity contribution is 6.31. The molecule has 1 saturated heterocycles. The average Bonchev–Trinajstić information content (AvgIpc) is 2.66. The molecule has 3 rings (SSSR count). The first-order valence-corrected chi connectivity index (χ1v) is 9.18. The summed E-state index contributed by atoms with van der Waals surface area (Å²) in [5.74, 6) is 0.840. The van der Waals surface area contributed by atoms with E-state index in [4.69, 9.17) is 21.1 Å². The molecule has 0 bridgehead atoms. The van der Waals surface area contributed by atoms with Gasteiger partial charge in [0.15, 0.2) is 6.10 Å². The quantitative estimate of drug-likeness (QED) is 0.731. The van der Waals surface area contributed by atoms with Crippen molar-refractivity contribution in [2.75, 3.05) is 6.61 Å². The van der Waals surface area contributed by atoms with Crippen LogP contribution in [0.1, 0.15) is 29.7 Å². The van der Waals surface area contributed by atoms with Crippen molar-refractivity contribution in [3.63, 3.8) is 0 Å². The van der Waals surface area contributed by atoms with E-state index in [-0.39, 0.29) is 5.76 Å². The highest BCUT2D eigenvalue weighted by Crippen LogP contribution is 2.35. The maximum Gasteiger partial charge on any atom is 0.152 e. The lowest BCUT2D eigenvalue weighted by Crippen LogP contribution is -2.47. The van der Waals surface area contributed by atoms with Crippen molar-refractivity contribution >= 4 is 11.6 Å². The molecule has 0 aromatic heterocycles. The molecule has 1 fully saturated rings. The number of rotatable bonds is 5. The Hall–Kier alpha value is -2.05. The van der Waals surface area contributed by atoms with Gasteiger partial charge in [-0.15, -0.1) is 0 Å². The molecule has 1 heterocycles. The number of aliphatic hydroxyl groups is 3. The third-order valence-corrected chi connectivity index (χ3v) is 4.99. The molecule has 0 unspecified atom stereocenters. The van der Waals surface area contributed by atoms with Gasteiger partial charge in [0, 0.05) is 5.02 Å². The minimum Gasteiger partial charge on any atom is -0.494 e. The summed E-state index contributed by atoms with van der Waals surface area (Å²) in [7, 11) is 0.